The van der Waals surface area contributed by atoms with Crippen LogP contribution in [0.15, 0.2) is 23.2 Å². The van der Waals surface area contributed by atoms with E-state index in [1.54, 1.807) is 17.6 Å². The van der Waals surface area contributed by atoms with Crippen LogP contribution in [0.1, 0.15) is 79.5 Å². The number of hydrogen-bond acceptors (Lipinski definition) is 5. The van der Waals surface area contributed by atoms with Gasteiger partial charge < -0.3 is 10.0 Å². The Labute approximate surface area is 193 Å². The van der Waals surface area contributed by atoms with Crippen molar-refractivity contribution in [3.63, 3.8) is 0 Å². The lowest BCUT2D eigenvalue weighted by Gasteiger charge is -2.57. The van der Waals surface area contributed by atoms with Gasteiger partial charge in [0.15, 0.2) is 0 Å². The van der Waals surface area contributed by atoms with Crippen LogP contribution in [-0.2, 0) is 5.41 Å². The summed E-state index contributed by atoms with van der Waals surface area (Å²) in [6.45, 7) is 2.19. The van der Waals surface area contributed by atoms with E-state index in [4.69, 9.17) is 4.99 Å². The number of aliphatic imine (C=N–C) groups is 1. The molecule has 0 atom stereocenters. The molecular formula is C27H29N3OS. The molecule has 32 heavy (non-hydrogen) atoms. The van der Waals surface area contributed by atoms with Gasteiger partial charge in [0.2, 0.25) is 0 Å². The molecule has 7 aliphatic rings. The number of anilines is 1. The summed E-state index contributed by atoms with van der Waals surface area (Å²) >= 11 is 1.65. The van der Waals surface area contributed by atoms with Crippen LogP contribution in [0, 0.1) is 29.1 Å². The van der Waals surface area contributed by atoms with Gasteiger partial charge in [0.25, 0.3) is 0 Å². The molecule has 6 bridgehead atoms. The van der Waals surface area contributed by atoms with Crippen LogP contribution in [0.4, 0.5) is 10.0 Å². The van der Waals surface area contributed by atoms with Gasteiger partial charge in [-0.2, -0.15) is 5.26 Å². The molecule has 5 heteroatoms. The topological polar surface area (TPSA) is 59.6 Å². The third-order valence-corrected chi connectivity index (χ3v) is 10.4. The maximum atomic E-state index is 10.6. The van der Waals surface area contributed by atoms with E-state index in [1.165, 1.54) is 54.7 Å². The Balaban J connectivity index is 1.24. The third-order valence-electron chi connectivity index (χ3n) is 9.21. The van der Waals surface area contributed by atoms with Crippen LogP contribution in [0.5, 0.6) is 5.75 Å². The molecule has 5 fully saturated rings. The molecule has 4 heterocycles. The first-order chi connectivity index (χ1) is 15.6. The molecule has 1 N–H and O–H groups in total. The Morgan fingerprint density at radius 2 is 1.78 bits per heavy atom. The quantitative estimate of drug-likeness (QED) is 0.571. The van der Waals surface area contributed by atoms with Gasteiger partial charge in [-0.15, -0.1) is 0 Å². The number of phenols is 1. The molecule has 4 saturated carbocycles. The van der Waals surface area contributed by atoms with Gasteiger partial charge in [0.05, 0.1) is 10.6 Å². The van der Waals surface area contributed by atoms with Crippen molar-refractivity contribution in [3.8, 4) is 11.8 Å². The summed E-state index contributed by atoms with van der Waals surface area (Å²) in [5.41, 5.74) is 4.47. The zero-order valence-electron chi connectivity index (χ0n) is 18.4. The van der Waals surface area contributed by atoms with Gasteiger partial charge in [-0.3, -0.25) is 0 Å². The number of rotatable bonds is 3. The van der Waals surface area contributed by atoms with Crippen molar-refractivity contribution < 1.29 is 5.11 Å². The highest BCUT2D eigenvalue weighted by Crippen LogP contribution is 2.61. The van der Waals surface area contributed by atoms with E-state index < -0.39 is 0 Å². The minimum absolute atomic E-state index is 0.283. The number of piperidine rings is 1. The number of nitrogens with zero attached hydrogens (tertiary/aromatic N) is 3. The Bertz CT molecular complexity index is 1130. The smallest absolute Gasteiger partial charge is 0.136 e. The largest absolute Gasteiger partial charge is 0.507 e. The van der Waals surface area contributed by atoms with E-state index in [1.807, 2.05) is 6.07 Å². The summed E-state index contributed by atoms with van der Waals surface area (Å²) in [5, 5.41) is 22.6. The normalized spacial score (nSPS) is 32.6. The summed E-state index contributed by atoms with van der Waals surface area (Å²) in [6, 6.07) is 8.67. The maximum Gasteiger partial charge on any atom is 0.136 e. The Morgan fingerprint density at radius 3 is 2.44 bits per heavy atom. The second-order valence-corrected chi connectivity index (χ2v) is 12.1. The fourth-order valence-electron chi connectivity index (χ4n) is 8.18. The molecule has 0 amide bonds. The average molecular weight is 444 g/mol. The number of thiophene rings is 1. The van der Waals surface area contributed by atoms with E-state index in [9.17, 15) is 10.4 Å². The molecule has 1 aromatic carbocycles. The second kappa shape index (κ2) is 6.84. The van der Waals surface area contributed by atoms with Crippen LogP contribution in [0.2, 0.25) is 0 Å². The van der Waals surface area contributed by atoms with Crippen LogP contribution >= 0.6 is 11.3 Å². The third kappa shape index (κ3) is 2.75. The van der Waals surface area contributed by atoms with E-state index in [2.05, 4.69) is 23.1 Å². The molecule has 3 aliphatic heterocycles. The zero-order chi connectivity index (χ0) is 21.4. The lowest BCUT2D eigenvalue weighted by Crippen LogP contribution is -2.48. The number of benzene rings is 1. The summed E-state index contributed by atoms with van der Waals surface area (Å²) in [5.74, 6) is 3.48. The fourth-order valence-corrected chi connectivity index (χ4v) is 9.42. The molecule has 9 rings (SSSR count). The van der Waals surface area contributed by atoms with Crippen LogP contribution in [0.25, 0.3) is 0 Å². The Morgan fingerprint density at radius 1 is 1.09 bits per heavy atom. The highest BCUT2D eigenvalue weighted by molar-refractivity contribution is 7.20. The molecule has 2 aromatic rings. The van der Waals surface area contributed by atoms with Crippen molar-refractivity contribution in [1.29, 1.82) is 5.26 Å². The zero-order valence-corrected chi connectivity index (χ0v) is 19.2. The van der Waals surface area contributed by atoms with Gasteiger partial charge in [0, 0.05) is 30.4 Å². The summed E-state index contributed by atoms with van der Waals surface area (Å²) < 4.78 is 0. The maximum absolute atomic E-state index is 10.6. The van der Waals surface area contributed by atoms with Crippen LogP contribution in [0.3, 0.4) is 0 Å². The molecular weight excluding hydrogens is 414 g/mol. The lowest BCUT2D eigenvalue weighted by molar-refractivity contribution is -0.00520. The fraction of sp³-hybridized carbons (Fsp3) is 0.556. The highest BCUT2D eigenvalue weighted by Gasteiger charge is 2.51. The lowest BCUT2D eigenvalue weighted by atomic mass is 9.48. The van der Waals surface area contributed by atoms with Gasteiger partial charge in [0.1, 0.15) is 16.8 Å². The Kier molecular flexibility index (Phi) is 4.10. The molecule has 0 unspecified atom stereocenters. The predicted molar refractivity (Wildman–Crippen MR) is 128 cm³/mol. The van der Waals surface area contributed by atoms with Crippen LogP contribution in [-0.4, -0.2) is 24.4 Å². The van der Waals surface area contributed by atoms with Gasteiger partial charge in [-0.05, 0) is 98.1 Å². The molecule has 1 saturated heterocycles. The number of nitriles is 1. The molecule has 4 nitrogen and oxygen atoms in total. The van der Waals surface area contributed by atoms with Crippen molar-refractivity contribution in [2.75, 3.05) is 18.0 Å². The van der Waals surface area contributed by atoms with E-state index >= 15 is 0 Å². The number of aromatic hydroxyl groups is 1. The molecule has 0 spiro atoms. The summed E-state index contributed by atoms with van der Waals surface area (Å²) in [6.07, 6.45) is 12.3. The molecule has 4 aliphatic carbocycles. The Hall–Kier alpha value is -2.32. The summed E-state index contributed by atoms with van der Waals surface area (Å²) in [4.78, 5) is 7.20. The first-order valence-electron chi connectivity index (χ1n) is 12.3. The van der Waals surface area contributed by atoms with Gasteiger partial charge >= 0.3 is 0 Å². The first-order valence-corrected chi connectivity index (χ1v) is 13.1. The van der Waals surface area contributed by atoms with E-state index in [0.29, 0.717) is 11.3 Å². The monoisotopic (exact) mass is 443 g/mol. The molecule has 0 radical (unpaired) electrons. The minimum Gasteiger partial charge on any atom is -0.507 e. The minimum atomic E-state index is 0.283. The SMILES string of the molecule is N#Cc1c(N=Cc2cc(C34CC5CC(CC(C5)C3)C4)ccc2O)sc2c1C1CCN2CC1. The number of fused-ring (bicyclic) bond motifs is 2. The standard InChI is InChI=1S/C27H29N3OS/c28-14-22-24-19-3-5-30(6-4-19)26(24)32-25(22)29-15-20-10-21(1-2-23(20)31)27-11-16-7-17(12-27)9-18(8-16)13-27/h1-2,10,15-19,31H,3-9,11-13H2. The van der Waals surface area contributed by atoms with Crippen molar-refractivity contribution in [3.05, 3.63) is 40.5 Å². The first kappa shape index (κ1) is 19.2. The molecule has 164 valence electrons. The van der Waals surface area contributed by atoms with Crippen LogP contribution < -0.4 is 4.90 Å². The van der Waals surface area contributed by atoms with E-state index in [0.717, 1.165) is 59.8 Å². The second-order valence-electron chi connectivity index (χ2n) is 11.1. The number of hydrogen-bond donors (Lipinski definition) is 1. The highest BCUT2D eigenvalue weighted by atomic mass is 32.1. The van der Waals surface area contributed by atoms with Crippen molar-refractivity contribution >= 4 is 27.6 Å². The van der Waals surface area contributed by atoms with Crippen molar-refractivity contribution in [2.24, 2.45) is 22.7 Å². The average Bonchev–Trinajstić information content (AvgIpc) is 3.19. The van der Waals surface area contributed by atoms with Crippen molar-refractivity contribution in [2.45, 2.75) is 62.7 Å². The molecule has 1 aromatic heterocycles. The van der Waals surface area contributed by atoms with Gasteiger partial charge in [-0.1, -0.05) is 17.4 Å². The van der Waals surface area contributed by atoms with Gasteiger partial charge in [-0.25, -0.2) is 4.99 Å². The van der Waals surface area contributed by atoms with E-state index in [-0.39, 0.29) is 5.75 Å². The predicted octanol–water partition coefficient (Wildman–Crippen LogP) is 6.24. The number of phenolic OH excluding ortho intramolecular Hbond substituents is 1. The summed E-state index contributed by atoms with van der Waals surface area (Å²) in [7, 11) is 0. The van der Waals surface area contributed by atoms with Crippen molar-refractivity contribution in [1.82, 2.24) is 0 Å².